The molecule has 198 valence electrons. The second-order valence-corrected chi connectivity index (χ2v) is 9.72. The molecular weight excluding hydrogens is 524 g/mol. The molecule has 0 radical (unpaired) electrons. The summed E-state index contributed by atoms with van der Waals surface area (Å²) in [6.45, 7) is 3.03. The molecule has 5 rings (SSSR count). The van der Waals surface area contributed by atoms with Crippen LogP contribution < -0.4 is 9.64 Å². The molecule has 1 unspecified atom stereocenters. The van der Waals surface area contributed by atoms with Gasteiger partial charge in [0.05, 0.1) is 42.0 Å². The highest BCUT2D eigenvalue weighted by atomic mass is 32.1. The number of aliphatic hydroxyl groups is 1. The number of nitrogens with zero attached hydrogens (tertiary/aromatic N) is 2. The molecule has 39 heavy (non-hydrogen) atoms. The molecule has 1 N–H and O–H groups in total. The average Bonchev–Trinajstić information content (AvgIpc) is 3.61. The Morgan fingerprint density at radius 3 is 2.44 bits per heavy atom. The van der Waals surface area contributed by atoms with Crippen molar-refractivity contribution in [3.8, 4) is 5.75 Å². The van der Waals surface area contributed by atoms with Crippen LogP contribution in [0.5, 0.6) is 5.75 Å². The molecule has 1 atom stereocenters. The Balaban J connectivity index is 1.66. The first-order valence-electron chi connectivity index (χ1n) is 11.7. The lowest BCUT2D eigenvalue weighted by molar-refractivity contribution is -0.117. The van der Waals surface area contributed by atoms with Gasteiger partial charge in [0.1, 0.15) is 0 Å². The zero-order valence-corrected chi connectivity index (χ0v) is 22.1. The van der Waals surface area contributed by atoms with Crippen LogP contribution in [0.3, 0.4) is 0 Å². The van der Waals surface area contributed by atoms with E-state index in [-0.39, 0.29) is 27.8 Å². The third-order valence-corrected chi connectivity index (χ3v) is 7.62. The van der Waals surface area contributed by atoms with Crippen molar-refractivity contribution in [3.05, 3.63) is 87.3 Å². The maximum absolute atomic E-state index is 13.9. The summed E-state index contributed by atoms with van der Waals surface area (Å²) >= 11 is 0.980. The summed E-state index contributed by atoms with van der Waals surface area (Å²) in [5, 5.41) is 11.8. The second-order valence-electron chi connectivity index (χ2n) is 8.74. The monoisotopic (exact) mass is 546 g/mol. The van der Waals surface area contributed by atoms with E-state index in [0.29, 0.717) is 32.9 Å². The van der Waals surface area contributed by atoms with Crippen LogP contribution in [0.4, 0.5) is 5.13 Å². The quantitative estimate of drug-likeness (QED) is 0.251. The number of benzene rings is 2. The van der Waals surface area contributed by atoms with Crippen LogP contribution in [0.2, 0.25) is 0 Å². The standard InChI is InChI=1S/C28H22N2O8S/c1-13-25(14(2)31)39-28(29-13)30-21(15-8-10-16(11-9-15)27(35)37-4)20(23(33)26(30)34)22(32)19-12-17-6-5-7-18(36-3)24(17)38-19/h5-12,21,33H,1-4H3. The molecule has 0 spiro atoms. The Morgan fingerprint density at radius 2 is 1.82 bits per heavy atom. The lowest BCUT2D eigenvalue weighted by atomic mass is 9.94. The van der Waals surface area contributed by atoms with Crippen LogP contribution in [-0.2, 0) is 9.53 Å². The van der Waals surface area contributed by atoms with Gasteiger partial charge >= 0.3 is 5.97 Å². The maximum atomic E-state index is 13.9. The number of fused-ring (bicyclic) bond motifs is 1. The van der Waals surface area contributed by atoms with E-state index in [1.54, 1.807) is 37.3 Å². The normalized spacial score (nSPS) is 15.2. The number of rotatable bonds is 7. The Morgan fingerprint density at radius 1 is 1.10 bits per heavy atom. The van der Waals surface area contributed by atoms with Crippen LogP contribution in [0.15, 0.2) is 64.3 Å². The van der Waals surface area contributed by atoms with E-state index < -0.39 is 29.5 Å². The van der Waals surface area contributed by atoms with E-state index in [1.807, 2.05) is 0 Å². The summed E-state index contributed by atoms with van der Waals surface area (Å²) in [5.74, 6) is -2.84. The predicted molar refractivity (Wildman–Crippen MR) is 142 cm³/mol. The van der Waals surface area contributed by atoms with Gasteiger partial charge in [0.2, 0.25) is 5.78 Å². The molecular formula is C28H22N2O8S. The van der Waals surface area contributed by atoms with Crippen molar-refractivity contribution in [2.75, 3.05) is 19.1 Å². The lowest BCUT2D eigenvalue weighted by Crippen LogP contribution is -2.31. The van der Waals surface area contributed by atoms with Gasteiger partial charge in [0.15, 0.2) is 33.8 Å². The molecule has 3 heterocycles. The van der Waals surface area contributed by atoms with E-state index in [2.05, 4.69) is 4.98 Å². The van der Waals surface area contributed by atoms with Crippen molar-refractivity contribution in [2.45, 2.75) is 19.9 Å². The molecule has 0 saturated carbocycles. The zero-order chi connectivity index (χ0) is 28.0. The lowest BCUT2D eigenvalue weighted by Gasteiger charge is -2.24. The van der Waals surface area contributed by atoms with E-state index in [1.165, 1.54) is 44.2 Å². The molecule has 0 aliphatic carbocycles. The van der Waals surface area contributed by atoms with Gasteiger partial charge < -0.3 is 19.0 Å². The summed E-state index contributed by atoms with van der Waals surface area (Å²) in [6.07, 6.45) is 0. The van der Waals surface area contributed by atoms with Crippen molar-refractivity contribution in [2.24, 2.45) is 0 Å². The molecule has 10 nitrogen and oxygen atoms in total. The Kier molecular flexibility index (Phi) is 6.52. The Labute approximate surface area is 226 Å². The molecule has 4 aromatic rings. The SMILES string of the molecule is COC(=O)c1ccc(C2C(C(=O)c3cc4cccc(OC)c4o3)=C(O)C(=O)N2c2nc(C)c(C(C)=O)s2)cc1. The van der Waals surface area contributed by atoms with Crippen LogP contribution in [0.25, 0.3) is 11.0 Å². The number of aliphatic hydroxyl groups excluding tert-OH is 1. The minimum atomic E-state index is -1.13. The topological polar surface area (TPSA) is 136 Å². The van der Waals surface area contributed by atoms with Crippen molar-refractivity contribution >= 4 is 50.9 Å². The molecule has 1 aliphatic heterocycles. The smallest absolute Gasteiger partial charge is 0.337 e. The first-order valence-corrected chi connectivity index (χ1v) is 12.5. The average molecular weight is 547 g/mol. The number of aromatic nitrogens is 1. The minimum Gasteiger partial charge on any atom is -0.503 e. The number of amides is 1. The summed E-state index contributed by atoms with van der Waals surface area (Å²) in [7, 11) is 2.73. The number of esters is 1. The van der Waals surface area contributed by atoms with Crippen LogP contribution >= 0.6 is 11.3 Å². The van der Waals surface area contributed by atoms with Gasteiger partial charge in [-0.2, -0.15) is 0 Å². The number of ether oxygens (including phenoxy) is 2. The first-order chi connectivity index (χ1) is 18.7. The number of ketones is 2. The molecule has 1 aliphatic rings. The highest BCUT2D eigenvalue weighted by molar-refractivity contribution is 7.17. The molecule has 0 saturated heterocycles. The fraction of sp³-hybridized carbons (Fsp3) is 0.179. The van der Waals surface area contributed by atoms with Gasteiger partial charge in [-0.3, -0.25) is 19.3 Å². The molecule has 11 heteroatoms. The van der Waals surface area contributed by atoms with Crippen molar-refractivity contribution in [3.63, 3.8) is 0 Å². The number of thiazole rings is 1. The zero-order valence-electron chi connectivity index (χ0n) is 21.3. The predicted octanol–water partition coefficient (Wildman–Crippen LogP) is 4.98. The summed E-state index contributed by atoms with van der Waals surface area (Å²) in [6, 6.07) is 11.6. The third-order valence-electron chi connectivity index (χ3n) is 6.36. The summed E-state index contributed by atoms with van der Waals surface area (Å²) < 4.78 is 15.9. The fourth-order valence-electron chi connectivity index (χ4n) is 4.52. The molecule has 2 aromatic carbocycles. The fourth-order valence-corrected chi connectivity index (χ4v) is 5.51. The van der Waals surface area contributed by atoms with Crippen molar-refractivity contribution < 1.29 is 38.2 Å². The van der Waals surface area contributed by atoms with Crippen molar-refractivity contribution in [1.82, 2.24) is 4.98 Å². The van der Waals surface area contributed by atoms with Gasteiger partial charge in [-0.25, -0.2) is 9.78 Å². The number of carbonyl (C=O) groups excluding carboxylic acids is 4. The highest BCUT2D eigenvalue weighted by Crippen LogP contribution is 2.44. The maximum Gasteiger partial charge on any atom is 0.337 e. The molecule has 0 bridgehead atoms. The molecule has 0 fully saturated rings. The van der Waals surface area contributed by atoms with Crippen LogP contribution in [0.1, 0.15) is 54.8 Å². The van der Waals surface area contributed by atoms with E-state index in [0.717, 1.165) is 11.3 Å². The van der Waals surface area contributed by atoms with Gasteiger partial charge in [0, 0.05) is 12.3 Å². The third kappa shape index (κ3) is 4.26. The molecule has 2 aromatic heterocycles. The van der Waals surface area contributed by atoms with E-state index in [4.69, 9.17) is 13.9 Å². The number of hydrogen-bond acceptors (Lipinski definition) is 10. The Bertz CT molecular complexity index is 1700. The van der Waals surface area contributed by atoms with Crippen LogP contribution in [-0.4, -0.2) is 47.8 Å². The number of Topliss-reactive ketones (excluding diaryl/α,β-unsaturated/α-hetero) is 2. The van der Waals surface area contributed by atoms with Crippen molar-refractivity contribution in [1.29, 1.82) is 0 Å². The van der Waals surface area contributed by atoms with E-state index in [9.17, 15) is 24.3 Å². The van der Waals surface area contributed by atoms with Gasteiger partial charge in [-0.1, -0.05) is 35.6 Å². The number of carbonyl (C=O) groups is 4. The largest absolute Gasteiger partial charge is 0.503 e. The van der Waals surface area contributed by atoms with Crippen LogP contribution in [0, 0.1) is 6.92 Å². The summed E-state index contributed by atoms with van der Waals surface area (Å²) in [4.78, 5) is 57.3. The number of anilines is 1. The minimum absolute atomic E-state index is 0.110. The number of aryl methyl sites for hydroxylation is 1. The first kappa shape index (κ1) is 25.9. The number of furan rings is 1. The van der Waals surface area contributed by atoms with Gasteiger partial charge in [0.25, 0.3) is 5.91 Å². The number of hydrogen-bond donors (Lipinski definition) is 1. The second kappa shape index (κ2) is 9.84. The highest BCUT2D eigenvalue weighted by Gasteiger charge is 2.47. The number of para-hydroxylation sites is 1. The molecule has 1 amide bonds. The number of methoxy groups -OCH3 is 2. The van der Waals surface area contributed by atoms with Gasteiger partial charge in [-0.05, 0) is 36.8 Å². The summed E-state index contributed by atoms with van der Waals surface area (Å²) in [5.41, 5.74) is 1.19. The van der Waals surface area contributed by atoms with Gasteiger partial charge in [-0.15, -0.1) is 0 Å². The van der Waals surface area contributed by atoms with E-state index >= 15 is 0 Å². The Hall–Kier alpha value is -4.77.